The van der Waals surface area contributed by atoms with Gasteiger partial charge in [0.05, 0.1) is 42.1 Å². The number of benzene rings is 3. The van der Waals surface area contributed by atoms with Crippen molar-refractivity contribution in [2.75, 3.05) is 19.0 Å². The molecule has 0 radical (unpaired) electrons. The lowest BCUT2D eigenvalue weighted by atomic mass is 9.92. The van der Waals surface area contributed by atoms with Gasteiger partial charge in [0.25, 0.3) is 0 Å². The fraction of sp³-hybridized carbons (Fsp3) is 0.154. The van der Waals surface area contributed by atoms with E-state index in [1.165, 1.54) is 12.1 Å². The summed E-state index contributed by atoms with van der Waals surface area (Å²) in [6.45, 7) is 2.00. The molecule has 0 saturated carbocycles. The highest BCUT2D eigenvalue weighted by atomic mass is 19.1. The van der Waals surface area contributed by atoms with Crippen LogP contribution in [0.15, 0.2) is 78.4 Å². The maximum atomic E-state index is 13.8. The molecule has 3 aromatic carbocycles. The number of nitrogens with one attached hydrogen (secondary N) is 1. The first-order valence-electron chi connectivity index (χ1n) is 10.7. The summed E-state index contributed by atoms with van der Waals surface area (Å²) in [5.41, 5.74) is 4.18. The predicted molar refractivity (Wildman–Crippen MR) is 124 cm³/mol. The maximum absolute atomic E-state index is 13.8. The van der Waals surface area contributed by atoms with Gasteiger partial charge in [-0.25, -0.2) is 14.2 Å². The van der Waals surface area contributed by atoms with Crippen LogP contribution in [-0.2, 0) is 9.53 Å². The zero-order valence-corrected chi connectivity index (χ0v) is 18.2. The molecule has 0 saturated heterocycles. The summed E-state index contributed by atoms with van der Waals surface area (Å²) in [5.74, 6) is 0.494. The summed E-state index contributed by atoms with van der Waals surface area (Å²) in [4.78, 5) is 18.1. The molecule has 0 spiro atoms. The third-order valence-electron chi connectivity index (χ3n) is 5.69. The van der Waals surface area contributed by atoms with Crippen molar-refractivity contribution in [3.63, 3.8) is 0 Å². The number of halogens is 1. The molecule has 0 unspecified atom stereocenters. The largest absolute Gasteiger partial charge is 0.497 e. The Kier molecular flexibility index (Phi) is 5.30. The molecule has 6 nitrogen and oxygen atoms in total. The van der Waals surface area contributed by atoms with Gasteiger partial charge in [-0.05, 0) is 66.6 Å². The first-order chi connectivity index (χ1) is 16.1. The SMILES string of the molecule is CCOC(=O)C1=C(c2ccc(OC)cc2)Nc2nc3ccccc3n2[C@H]1c1ccc(F)cc1. The van der Waals surface area contributed by atoms with Crippen LogP contribution in [0.25, 0.3) is 16.7 Å². The summed E-state index contributed by atoms with van der Waals surface area (Å²) in [5, 5.41) is 3.36. The van der Waals surface area contributed by atoms with Crippen LogP contribution in [-0.4, -0.2) is 29.2 Å². The molecule has 0 bridgehead atoms. The van der Waals surface area contributed by atoms with E-state index in [1.54, 1.807) is 26.2 Å². The molecule has 2 heterocycles. The molecule has 1 aliphatic rings. The van der Waals surface area contributed by atoms with Crippen molar-refractivity contribution < 1.29 is 18.7 Å². The monoisotopic (exact) mass is 443 g/mol. The van der Waals surface area contributed by atoms with Crippen molar-refractivity contribution in [3.8, 4) is 5.75 Å². The number of rotatable bonds is 5. The number of carbonyl (C=O) groups is 1. The molecular weight excluding hydrogens is 421 g/mol. The molecule has 1 atom stereocenters. The molecule has 1 aromatic heterocycles. The van der Waals surface area contributed by atoms with Gasteiger partial charge in [0.2, 0.25) is 5.95 Å². The standard InChI is InChI=1S/C26H22FN3O3/c1-3-33-25(31)22-23(16-10-14-19(32-2)15-11-16)29-26-28-20-6-4-5-7-21(20)30(26)24(22)17-8-12-18(27)13-9-17/h4-15,24H,3H2,1-2H3,(H,28,29)/t24-/m0/s1. The Bertz CT molecular complexity index is 1360. The number of anilines is 1. The van der Waals surface area contributed by atoms with E-state index in [1.807, 2.05) is 53.1 Å². The number of hydrogen-bond acceptors (Lipinski definition) is 5. The molecular formula is C26H22FN3O3. The lowest BCUT2D eigenvalue weighted by Crippen LogP contribution is -2.29. The number of methoxy groups -OCH3 is 1. The van der Waals surface area contributed by atoms with Gasteiger partial charge in [-0.1, -0.05) is 24.3 Å². The molecule has 0 amide bonds. The summed E-state index contributed by atoms with van der Waals surface area (Å²) in [6.07, 6.45) is 0. The van der Waals surface area contributed by atoms with Gasteiger partial charge >= 0.3 is 5.97 Å². The molecule has 4 aromatic rings. The molecule has 7 heteroatoms. The fourth-order valence-electron chi connectivity index (χ4n) is 4.21. The first-order valence-corrected chi connectivity index (χ1v) is 10.7. The van der Waals surface area contributed by atoms with Crippen molar-refractivity contribution in [2.45, 2.75) is 13.0 Å². The van der Waals surface area contributed by atoms with Gasteiger partial charge in [0.15, 0.2) is 0 Å². The minimum absolute atomic E-state index is 0.228. The third kappa shape index (κ3) is 3.61. The Hall–Kier alpha value is -4.13. The van der Waals surface area contributed by atoms with Crippen LogP contribution >= 0.6 is 0 Å². The van der Waals surface area contributed by atoms with E-state index < -0.39 is 12.0 Å². The third-order valence-corrected chi connectivity index (χ3v) is 5.69. The highest BCUT2D eigenvalue weighted by Gasteiger charge is 2.36. The van der Waals surface area contributed by atoms with Crippen molar-refractivity contribution in [1.82, 2.24) is 9.55 Å². The van der Waals surface area contributed by atoms with Gasteiger partial charge in [0.1, 0.15) is 11.6 Å². The quantitative estimate of drug-likeness (QED) is 0.431. The predicted octanol–water partition coefficient (Wildman–Crippen LogP) is 5.17. The molecule has 0 fully saturated rings. The number of imidazole rings is 1. The summed E-state index contributed by atoms with van der Waals surface area (Å²) in [7, 11) is 1.60. The second-order valence-electron chi connectivity index (χ2n) is 7.61. The van der Waals surface area contributed by atoms with Crippen molar-refractivity contribution in [2.24, 2.45) is 0 Å². The molecule has 33 heavy (non-hydrogen) atoms. The first kappa shape index (κ1) is 20.8. The van der Waals surface area contributed by atoms with E-state index in [4.69, 9.17) is 14.5 Å². The fourth-order valence-corrected chi connectivity index (χ4v) is 4.21. The minimum atomic E-state index is -0.564. The Morgan fingerprint density at radius 2 is 1.79 bits per heavy atom. The molecule has 5 rings (SSSR count). The average molecular weight is 443 g/mol. The Morgan fingerprint density at radius 1 is 1.06 bits per heavy atom. The zero-order valence-electron chi connectivity index (χ0n) is 18.2. The number of para-hydroxylation sites is 2. The second kappa shape index (κ2) is 8.43. The number of fused-ring (bicyclic) bond motifs is 3. The maximum Gasteiger partial charge on any atom is 0.338 e. The average Bonchev–Trinajstić information content (AvgIpc) is 3.22. The van der Waals surface area contributed by atoms with Crippen molar-refractivity contribution >= 4 is 28.6 Å². The number of nitrogens with zero attached hydrogens (tertiary/aromatic N) is 2. The molecule has 166 valence electrons. The summed E-state index contributed by atoms with van der Waals surface area (Å²) in [6, 6.07) is 20.7. The van der Waals surface area contributed by atoms with E-state index >= 15 is 0 Å². The number of esters is 1. The van der Waals surface area contributed by atoms with Gasteiger partial charge in [-0.3, -0.25) is 4.57 Å². The summed E-state index contributed by atoms with van der Waals surface area (Å²) < 4.78 is 26.5. The number of hydrogen-bond donors (Lipinski definition) is 1. The van der Waals surface area contributed by atoms with Crippen LogP contribution in [0.5, 0.6) is 5.75 Å². The van der Waals surface area contributed by atoms with Gasteiger partial charge in [-0.15, -0.1) is 0 Å². The molecule has 1 aliphatic heterocycles. The highest BCUT2D eigenvalue weighted by Crippen LogP contribution is 2.42. The van der Waals surface area contributed by atoms with Crippen LogP contribution in [0.2, 0.25) is 0 Å². The van der Waals surface area contributed by atoms with Crippen LogP contribution < -0.4 is 10.1 Å². The van der Waals surface area contributed by atoms with E-state index in [9.17, 15) is 9.18 Å². The topological polar surface area (TPSA) is 65.4 Å². The minimum Gasteiger partial charge on any atom is -0.497 e. The van der Waals surface area contributed by atoms with E-state index in [-0.39, 0.29) is 12.4 Å². The normalized spacial score (nSPS) is 15.2. The smallest absolute Gasteiger partial charge is 0.338 e. The van der Waals surface area contributed by atoms with Gasteiger partial charge < -0.3 is 14.8 Å². The van der Waals surface area contributed by atoms with Crippen LogP contribution in [0.1, 0.15) is 24.1 Å². The highest BCUT2D eigenvalue weighted by molar-refractivity contribution is 6.03. The van der Waals surface area contributed by atoms with Crippen molar-refractivity contribution in [3.05, 3.63) is 95.3 Å². The Morgan fingerprint density at radius 3 is 2.48 bits per heavy atom. The lowest BCUT2D eigenvalue weighted by Gasteiger charge is -2.31. The Labute approximate surface area is 190 Å². The van der Waals surface area contributed by atoms with Crippen LogP contribution in [0.4, 0.5) is 10.3 Å². The second-order valence-corrected chi connectivity index (χ2v) is 7.61. The number of ether oxygens (including phenoxy) is 2. The zero-order chi connectivity index (χ0) is 22.9. The molecule has 0 aliphatic carbocycles. The summed E-state index contributed by atoms with van der Waals surface area (Å²) >= 11 is 0. The molecule has 1 N–H and O–H groups in total. The van der Waals surface area contributed by atoms with Gasteiger partial charge in [0, 0.05) is 0 Å². The van der Waals surface area contributed by atoms with Crippen molar-refractivity contribution in [1.29, 1.82) is 0 Å². The van der Waals surface area contributed by atoms with Crippen LogP contribution in [0, 0.1) is 5.82 Å². The van der Waals surface area contributed by atoms with Gasteiger partial charge in [-0.2, -0.15) is 0 Å². The van der Waals surface area contributed by atoms with E-state index in [2.05, 4.69) is 5.32 Å². The van der Waals surface area contributed by atoms with E-state index in [0.717, 1.165) is 22.2 Å². The lowest BCUT2D eigenvalue weighted by molar-refractivity contribution is -0.138. The number of aromatic nitrogens is 2. The number of carbonyl (C=O) groups excluding carboxylic acids is 1. The van der Waals surface area contributed by atoms with Crippen LogP contribution in [0.3, 0.4) is 0 Å². The van der Waals surface area contributed by atoms with E-state index in [0.29, 0.717) is 23.0 Å². The Balaban J connectivity index is 1.80.